The summed E-state index contributed by atoms with van der Waals surface area (Å²) in [5.74, 6) is -2.63. The second-order valence-corrected chi connectivity index (χ2v) is 7.63. The Morgan fingerprint density at radius 2 is 1.92 bits per heavy atom. The molecule has 6 nitrogen and oxygen atoms in total. The summed E-state index contributed by atoms with van der Waals surface area (Å²) in [6.45, 7) is 1.54. The molecule has 0 bridgehead atoms. The van der Waals surface area contributed by atoms with Crippen molar-refractivity contribution in [3.63, 3.8) is 0 Å². The zero-order valence-electron chi connectivity index (χ0n) is 13.3. The maximum absolute atomic E-state index is 13.6. The van der Waals surface area contributed by atoms with Crippen molar-refractivity contribution in [2.24, 2.45) is 5.92 Å². The first-order valence-electron chi connectivity index (χ1n) is 7.52. The van der Waals surface area contributed by atoms with Crippen LogP contribution in [-0.2, 0) is 14.8 Å². The third kappa shape index (κ3) is 3.25. The number of nitrogens with zero attached hydrogens (tertiary/aromatic N) is 1. The predicted octanol–water partition coefficient (Wildman–Crippen LogP) is 2.39. The minimum atomic E-state index is -3.75. The number of hydrogen-bond donors (Lipinski definition) is 1. The summed E-state index contributed by atoms with van der Waals surface area (Å²) in [7, 11) is -3.75. The summed E-state index contributed by atoms with van der Waals surface area (Å²) in [4.78, 5) is 24.4. The highest BCUT2D eigenvalue weighted by molar-refractivity contribution is 7.94. The Kier molecular flexibility index (Phi) is 4.30. The molecule has 1 unspecified atom stereocenters. The van der Waals surface area contributed by atoms with Gasteiger partial charge in [0.2, 0.25) is 15.9 Å². The van der Waals surface area contributed by atoms with Crippen LogP contribution in [0.3, 0.4) is 0 Å². The summed E-state index contributed by atoms with van der Waals surface area (Å²) in [5.41, 5.74) is 0.218. The number of carbonyl (C=O) groups is 2. The van der Waals surface area contributed by atoms with E-state index in [0.717, 1.165) is 4.31 Å². The molecular weight excluding hydrogens is 347 g/mol. The normalized spacial score (nSPS) is 19.0. The Morgan fingerprint density at radius 3 is 2.56 bits per heavy atom. The van der Waals surface area contributed by atoms with Gasteiger partial charge in [-0.05, 0) is 30.3 Å². The predicted molar refractivity (Wildman–Crippen MR) is 91.2 cm³/mol. The van der Waals surface area contributed by atoms with Gasteiger partial charge in [-0.25, -0.2) is 17.1 Å². The summed E-state index contributed by atoms with van der Waals surface area (Å²) in [6, 6.07) is 11.4. The van der Waals surface area contributed by atoms with E-state index in [9.17, 15) is 22.4 Å². The van der Waals surface area contributed by atoms with E-state index in [0.29, 0.717) is 0 Å². The van der Waals surface area contributed by atoms with Crippen LogP contribution in [0.2, 0.25) is 0 Å². The molecule has 25 heavy (non-hydrogen) atoms. The molecule has 1 aliphatic rings. The van der Waals surface area contributed by atoms with E-state index in [4.69, 9.17) is 0 Å². The molecule has 2 amide bonds. The van der Waals surface area contributed by atoms with Crippen molar-refractivity contribution in [1.82, 2.24) is 0 Å². The second kappa shape index (κ2) is 6.29. The number of amides is 2. The summed E-state index contributed by atoms with van der Waals surface area (Å²) in [6.07, 6.45) is 0. The van der Waals surface area contributed by atoms with Crippen molar-refractivity contribution in [1.29, 1.82) is 0 Å². The van der Waals surface area contributed by atoms with Crippen molar-refractivity contribution in [2.75, 3.05) is 15.4 Å². The lowest BCUT2D eigenvalue weighted by Crippen LogP contribution is -2.30. The van der Waals surface area contributed by atoms with Crippen molar-refractivity contribution in [2.45, 2.75) is 6.92 Å². The molecule has 1 N–H and O–H groups in total. The lowest BCUT2D eigenvalue weighted by Gasteiger charge is -2.16. The maximum atomic E-state index is 13.6. The van der Waals surface area contributed by atoms with Crippen LogP contribution in [0.25, 0.3) is 0 Å². The van der Waals surface area contributed by atoms with Crippen LogP contribution in [0, 0.1) is 11.7 Å². The number of carbonyl (C=O) groups excluding carboxylic acids is 2. The highest BCUT2D eigenvalue weighted by atomic mass is 32.2. The van der Waals surface area contributed by atoms with Crippen molar-refractivity contribution in [3.8, 4) is 0 Å². The van der Waals surface area contributed by atoms with Gasteiger partial charge in [-0.1, -0.05) is 25.1 Å². The quantitative estimate of drug-likeness (QED) is 0.909. The smallest absolute Gasteiger partial charge is 0.255 e. The van der Waals surface area contributed by atoms with Crippen LogP contribution in [0.15, 0.2) is 48.5 Å². The average molecular weight is 362 g/mol. The molecule has 0 saturated carbocycles. The van der Waals surface area contributed by atoms with E-state index in [1.807, 2.05) is 0 Å². The lowest BCUT2D eigenvalue weighted by molar-refractivity contribution is -0.119. The fourth-order valence-electron chi connectivity index (χ4n) is 2.62. The third-order valence-corrected chi connectivity index (χ3v) is 5.69. The Morgan fingerprint density at radius 1 is 1.20 bits per heavy atom. The van der Waals surface area contributed by atoms with Crippen LogP contribution in [0.4, 0.5) is 15.8 Å². The number of para-hydroxylation sites is 1. The first kappa shape index (κ1) is 17.1. The summed E-state index contributed by atoms with van der Waals surface area (Å²) < 4.78 is 38.7. The van der Waals surface area contributed by atoms with Crippen LogP contribution in [0.5, 0.6) is 0 Å². The van der Waals surface area contributed by atoms with Crippen LogP contribution < -0.4 is 9.62 Å². The van der Waals surface area contributed by atoms with Gasteiger partial charge in [-0.2, -0.15) is 0 Å². The third-order valence-electron chi connectivity index (χ3n) is 3.83. The standard InChI is InChI=1S/C17H15FN2O4S/c1-11-10-25(23,24)20(17(11)22)13-6-4-5-12(9-13)16(21)19-15-8-3-2-7-14(15)18/h2-9,11H,10H2,1H3,(H,19,21). The molecule has 3 rings (SSSR count). The zero-order valence-corrected chi connectivity index (χ0v) is 14.1. The second-order valence-electron chi connectivity index (χ2n) is 5.77. The van der Waals surface area contributed by atoms with E-state index >= 15 is 0 Å². The number of anilines is 2. The van der Waals surface area contributed by atoms with Gasteiger partial charge in [0.25, 0.3) is 5.91 Å². The van der Waals surface area contributed by atoms with Gasteiger partial charge < -0.3 is 5.32 Å². The maximum Gasteiger partial charge on any atom is 0.255 e. The molecule has 1 saturated heterocycles. The Balaban J connectivity index is 1.91. The first-order chi connectivity index (χ1) is 11.8. The SMILES string of the molecule is CC1CS(=O)(=O)N(c2cccc(C(=O)Nc3ccccc3F)c2)C1=O. The topological polar surface area (TPSA) is 83.6 Å². The minimum Gasteiger partial charge on any atom is -0.319 e. The monoisotopic (exact) mass is 362 g/mol. The highest BCUT2D eigenvalue weighted by Gasteiger charge is 2.42. The largest absolute Gasteiger partial charge is 0.319 e. The first-order valence-corrected chi connectivity index (χ1v) is 9.13. The van der Waals surface area contributed by atoms with E-state index < -0.39 is 33.6 Å². The summed E-state index contributed by atoms with van der Waals surface area (Å²) >= 11 is 0. The van der Waals surface area contributed by atoms with Gasteiger partial charge in [-0.15, -0.1) is 0 Å². The average Bonchev–Trinajstić information content (AvgIpc) is 2.77. The molecular formula is C17H15FN2O4S. The molecule has 0 radical (unpaired) electrons. The van der Waals surface area contributed by atoms with Crippen molar-refractivity contribution >= 4 is 33.2 Å². The highest BCUT2D eigenvalue weighted by Crippen LogP contribution is 2.29. The van der Waals surface area contributed by atoms with Crippen molar-refractivity contribution < 1.29 is 22.4 Å². The number of halogens is 1. The molecule has 1 heterocycles. The van der Waals surface area contributed by atoms with E-state index in [2.05, 4.69) is 5.32 Å². The number of rotatable bonds is 3. The molecule has 0 spiro atoms. The molecule has 1 atom stereocenters. The minimum absolute atomic E-state index is 0.0106. The van der Waals surface area contributed by atoms with Gasteiger partial charge in [-0.3, -0.25) is 9.59 Å². The van der Waals surface area contributed by atoms with Crippen LogP contribution in [0.1, 0.15) is 17.3 Å². The Hall–Kier alpha value is -2.74. The van der Waals surface area contributed by atoms with Gasteiger partial charge in [0.1, 0.15) is 5.82 Å². The molecule has 130 valence electrons. The molecule has 2 aromatic rings. The summed E-state index contributed by atoms with van der Waals surface area (Å²) in [5, 5.41) is 2.42. The molecule has 1 aliphatic heterocycles. The van der Waals surface area contributed by atoms with Gasteiger partial charge in [0, 0.05) is 5.56 Å². The van der Waals surface area contributed by atoms with Gasteiger partial charge in [0.15, 0.2) is 0 Å². The van der Waals surface area contributed by atoms with E-state index in [1.54, 1.807) is 6.07 Å². The van der Waals surface area contributed by atoms with E-state index in [1.165, 1.54) is 49.4 Å². The molecule has 8 heteroatoms. The molecule has 0 aromatic heterocycles. The fraction of sp³-hybridized carbons (Fsp3) is 0.176. The number of sulfonamides is 1. The van der Waals surface area contributed by atoms with E-state index in [-0.39, 0.29) is 22.7 Å². The Labute approximate surface area is 144 Å². The van der Waals surface area contributed by atoms with Crippen LogP contribution >= 0.6 is 0 Å². The molecule has 2 aromatic carbocycles. The van der Waals surface area contributed by atoms with Gasteiger partial charge >= 0.3 is 0 Å². The number of nitrogens with one attached hydrogen (secondary N) is 1. The molecule has 0 aliphatic carbocycles. The fourth-order valence-corrected chi connectivity index (χ4v) is 4.43. The number of hydrogen-bond acceptors (Lipinski definition) is 4. The zero-order chi connectivity index (χ0) is 18.2. The van der Waals surface area contributed by atoms with Gasteiger partial charge in [0.05, 0.1) is 23.0 Å². The van der Waals surface area contributed by atoms with Crippen molar-refractivity contribution in [3.05, 3.63) is 59.9 Å². The van der Waals surface area contributed by atoms with Crippen LogP contribution in [-0.4, -0.2) is 26.0 Å². The molecule has 1 fully saturated rings. The Bertz CT molecular complexity index is 959. The lowest BCUT2D eigenvalue weighted by atomic mass is 10.1. The number of benzene rings is 2.